The van der Waals surface area contributed by atoms with Crippen molar-refractivity contribution in [1.29, 1.82) is 0 Å². The van der Waals surface area contributed by atoms with Crippen LogP contribution in [0.5, 0.6) is 5.75 Å². The highest BCUT2D eigenvalue weighted by atomic mass is 35.5. The van der Waals surface area contributed by atoms with Crippen molar-refractivity contribution in [3.63, 3.8) is 0 Å². The number of para-hydroxylation sites is 2. The number of nitrogens with zero attached hydrogens (tertiary/aromatic N) is 3. The number of hydrogen-bond donors (Lipinski definition) is 1. The van der Waals surface area contributed by atoms with E-state index in [-0.39, 0.29) is 37.0 Å². The van der Waals surface area contributed by atoms with Gasteiger partial charge in [0.05, 0.1) is 17.1 Å². The number of halogens is 1. The quantitative estimate of drug-likeness (QED) is 0.496. The molecule has 1 heterocycles. The van der Waals surface area contributed by atoms with Crippen LogP contribution in [0.1, 0.15) is 46.5 Å². The summed E-state index contributed by atoms with van der Waals surface area (Å²) < 4.78 is 7.43. The van der Waals surface area contributed by atoms with Gasteiger partial charge in [-0.05, 0) is 71.0 Å². The fourth-order valence-electron chi connectivity index (χ4n) is 4.01. The van der Waals surface area contributed by atoms with Gasteiger partial charge in [-0.25, -0.2) is 4.98 Å². The van der Waals surface area contributed by atoms with E-state index in [9.17, 15) is 9.59 Å². The lowest BCUT2D eigenvalue weighted by Gasteiger charge is -2.31. The molecule has 1 N–H and O–H groups in total. The van der Waals surface area contributed by atoms with Gasteiger partial charge in [-0.1, -0.05) is 23.7 Å². The number of ether oxygens (including phenoxy) is 1. The third kappa shape index (κ3) is 6.05. The summed E-state index contributed by atoms with van der Waals surface area (Å²) in [4.78, 5) is 32.3. The van der Waals surface area contributed by atoms with Crippen LogP contribution in [0.25, 0.3) is 11.0 Å². The van der Waals surface area contributed by atoms with Gasteiger partial charge < -0.3 is 19.5 Å². The molecular weight excluding hydrogens is 440 g/mol. The average Bonchev–Trinajstić information content (AvgIpc) is 3.11. The molecule has 7 nitrogen and oxygen atoms in total. The van der Waals surface area contributed by atoms with E-state index in [1.807, 2.05) is 68.4 Å². The monoisotopic (exact) mass is 470 g/mol. The molecule has 1 unspecified atom stereocenters. The van der Waals surface area contributed by atoms with Crippen LogP contribution in [0, 0.1) is 0 Å². The second-order valence-corrected chi connectivity index (χ2v) is 9.00. The summed E-state index contributed by atoms with van der Waals surface area (Å²) >= 11 is 5.88. The summed E-state index contributed by atoms with van der Waals surface area (Å²) in [6.45, 7) is 9.89. The van der Waals surface area contributed by atoms with E-state index in [1.165, 1.54) is 0 Å². The lowest BCUT2D eigenvalue weighted by Crippen LogP contribution is -2.44. The molecule has 0 aliphatic carbocycles. The molecule has 33 heavy (non-hydrogen) atoms. The van der Waals surface area contributed by atoms with Crippen molar-refractivity contribution < 1.29 is 14.3 Å². The normalized spacial score (nSPS) is 12.2. The number of benzene rings is 2. The van der Waals surface area contributed by atoms with Crippen LogP contribution >= 0.6 is 11.6 Å². The lowest BCUT2D eigenvalue weighted by atomic mass is 10.2. The predicted molar refractivity (Wildman–Crippen MR) is 130 cm³/mol. The number of imidazole rings is 1. The predicted octanol–water partition coefficient (Wildman–Crippen LogP) is 4.59. The molecule has 2 aromatic carbocycles. The Labute approximate surface area is 199 Å². The summed E-state index contributed by atoms with van der Waals surface area (Å²) in [6.07, 6.45) is 0. The maximum absolute atomic E-state index is 13.2. The molecule has 176 valence electrons. The number of fused-ring (bicyclic) bond motifs is 1. The molecule has 1 atom stereocenters. The van der Waals surface area contributed by atoms with Crippen molar-refractivity contribution in [3.8, 4) is 5.75 Å². The minimum absolute atomic E-state index is 0.00833. The first kappa shape index (κ1) is 24.6. The maximum atomic E-state index is 13.2. The average molecular weight is 471 g/mol. The van der Waals surface area contributed by atoms with Gasteiger partial charge in [-0.3, -0.25) is 9.59 Å². The van der Waals surface area contributed by atoms with Crippen LogP contribution in [0.3, 0.4) is 0 Å². The van der Waals surface area contributed by atoms with Crippen molar-refractivity contribution >= 4 is 34.4 Å². The molecule has 0 radical (unpaired) electrons. The third-order valence-electron chi connectivity index (χ3n) is 5.33. The maximum Gasteiger partial charge on any atom is 0.258 e. The zero-order valence-electron chi connectivity index (χ0n) is 19.7. The van der Waals surface area contributed by atoms with Crippen molar-refractivity contribution in [2.24, 2.45) is 0 Å². The Morgan fingerprint density at radius 1 is 1.03 bits per heavy atom. The van der Waals surface area contributed by atoms with Crippen molar-refractivity contribution in [2.75, 3.05) is 6.61 Å². The van der Waals surface area contributed by atoms with E-state index in [2.05, 4.69) is 5.32 Å². The van der Waals surface area contributed by atoms with Crippen LogP contribution in [-0.4, -0.2) is 45.0 Å². The van der Waals surface area contributed by atoms with Crippen LogP contribution in [0.4, 0.5) is 0 Å². The Morgan fingerprint density at radius 2 is 1.67 bits per heavy atom. The first-order valence-electron chi connectivity index (χ1n) is 11.1. The number of aromatic nitrogens is 2. The molecule has 0 aliphatic heterocycles. The van der Waals surface area contributed by atoms with Gasteiger partial charge >= 0.3 is 0 Å². The molecule has 0 aliphatic rings. The van der Waals surface area contributed by atoms with Crippen molar-refractivity contribution in [2.45, 2.75) is 59.3 Å². The molecular formula is C25H31ClN4O3. The van der Waals surface area contributed by atoms with Gasteiger partial charge in [-0.2, -0.15) is 0 Å². The molecule has 1 aromatic heterocycles. The van der Waals surface area contributed by atoms with Gasteiger partial charge in [0.15, 0.2) is 6.61 Å². The Bertz CT molecular complexity index is 1100. The number of rotatable bonds is 9. The zero-order chi connectivity index (χ0) is 24.1. The largest absolute Gasteiger partial charge is 0.484 e. The van der Waals surface area contributed by atoms with E-state index in [1.54, 1.807) is 24.3 Å². The van der Waals surface area contributed by atoms with E-state index in [0.717, 1.165) is 11.0 Å². The molecule has 3 aromatic rings. The molecule has 0 bridgehead atoms. The fourth-order valence-corrected chi connectivity index (χ4v) is 4.13. The molecule has 0 spiro atoms. The first-order chi connectivity index (χ1) is 15.7. The molecule has 0 fully saturated rings. The van der Waals surface area contributed by atoms with Gasteiger partial charge in [0.2, 0.25) is 5.91 Å². The smallest absolute Gasteiger partial charge is 0.258 e. The van der Waals surface area contributed by atoms with Crippen LogP contribution in [-0.2, 0) is 16.1 Å². The Kier molecular flexibility index (Phi) is 7.97. The Morgan fingerprint density at radius 3 is 2.30 bits per heavy atom. The van der Waals surface area contributed by atoms with Gasteiger partial charge in [0, 0.05) is 17.1 Å². The highest BCUT2D eigenvalue weighted by molar-refractivity contribution is 6.30. The molecule has 3 rings (SSSR count). The minimum Gasteiger partial charge on any atom is -0.484 e. The minimum atomic E-state index is -0.418. The van der Waals surface area contributed by atoms with Gasteiger partial charge in [-0.15, -0.1) is 0 Å². The van der Waals surface area contributed by atoms with Gasteiger partial charge in [0.25, 0.3) is 5.91 Å². The molecule has 8 heteroatoms. The van der Waals surface area contributed by atoms with E-state index < -0.39 is 6.04 Å². The summed E-state index contributed by atoms with van der Waals surface area (Å²) in [5.41, 5.74) is 1.63. The SMILES string of the molecule is CC(NC(=O)COc1ccc(Cl)cc1)c1nc2ccccc2n1CC(=O)N(C(C)C)C(C)C. The molecule has 2 amide bonds. The van der Waals surface area contributed by atoms with Crippen LogP contribution in [0.2, 0.25) is 5.02 Å². The summed E-state index contributed by atoms with van der Waals surface area (Å²) in [6, 6.07) is 14.2. The summed E-state index contributed by atoms with van der Waals surface area (Å²) in [5, 5.41) is 3.53. The summed E-state index contributed by atoms with van der Waals surface area (Å²) in [7, 11) is 0. The van der Waals surface area contributed by atoms with E-state index in [0.29, 0.717) is 16.6 Å². The number of nitrogens with one attached hydrogen (secondary N) is 1. The second-order valence-electron chi connectivity index (χ2n) is 8.57. The van der Waals surface area contributed by atoms with Crippen molar-refractivity contribution in [3.05, 3.63) is 59.4 Å². The van der Waals surface area contributed by atoms with E-state index in [4.69, 9.17) is 21.3 Å². The third-order valence-corrected chi connectivity index (χ3v) is 5.58. The van der Waals surface area contributed by atoms with Crippen LogP contribution < -0.4 is 10.1 Å². The fraction of sp³-hybridized carbons (Fsp3) is 0.400. The topological polar surface area (TPSA) is 76.5 Å². The van der Waals surface area contributed by atoms with Crippen molar-refractivity contribution in [1.82, 2.24) is 19.8 Å². The Hall–Kier alpha value is -3.06. The number of carbonyl (C=O) groups excluding carboxylic acids is 2. The highest BCUT2D eigenvalue weighted by Crippen LogP contribution is 2.22. The zero-order valence-corrected chi connectivity index (χ0v) is 20.5. The summed E-state index contributed by atoms with van der Waals surface area (Å²) in [5.74, 6) is 0.904. The first-order valence-corrected chi connectivity index (χ1v) is 11.5. The number of amides is 2. The van der Waals surface area contributed by atoms with Gasteiger partial charge in [0.1, 0.15) is 18.1 Å². The lowest BCUT2D eigenvalue weighted by molar-refractivity contribution is -0.135. The van der Waals surface area contributed by atoms with E-state index >= 15 is 0 Å². The number of hydrogen-bond acceptors (Lipinski definition) is 4. The molecule has 0 saturated heterocycles. The standard InChI is InChI=1S/C25H31ClN4O3/c1-16(2)30(17(3)4)24(32)14-29-22-9-7-6-8-21(22)28-25(29)18(5)27-23(31)15-33-20-12-10-19(26)11-13-20/h6-13,16-18H,14-15H2,1-5H3,(H,27,31). The van der Waals surface area contributed by atoms with Crippen LogP contribution in [0.15, 0.2) is 48.5 Å². The molecule has 0 saturated carbocycles. The highest BCUT2D eigenvalue weighted by Gasteiger charge is 2.24. The Balaban J connectivity index is 1.78. The number of carbonyl (C=O) groups is 2. The second kappa shape index (κ2) is 10.7.